The first kappa shape index (κ1) is 12.8. The molecule has 0 radical (unpaired) electrons. The van der Waals surface area contributed by atoms with Crippen LogP contribution in [0.2, 0.25) is 0 Å². The molecule has 1 aromatic carbocycles. The van der Waals surface area contributed by atoms with Crippen LogP contribution in [0.15, 0.2) is 58.5 Å². The lowest BCUT2D eigenvalue weighted by molar-refractivity contribution is 1.34. The molecule has 0 N–H and O–H groups in total. The Labute approximate surface area is 103 Å². The zero-order chi connectivity index (χ0) is 11.8. The van der Waals surface area contributed by atoms with Crippen molar-refractivity contribution >= 4 is 24.0 Å². The maximum atomic E-state index is 4.55. The Morgan fingerprint density at radius 1 is 1.12 bits per heavy atom. The van der Waals surface area contributed by atoms with E-state index in [1.807, 2.05) is 56.3 Å². The van der Waals surface area contributed by atoms with E-state index in [0.717, 1.165) is 22.7 Å². The number of aliphatic imine (C=N–C) groups is 1. The molecule has 0 unspecified atom stereocenters. The minimum absolute atomic E-state index is 0.914. The Morgan fingerprint density at radius 3 is 2.50 bits per heavy atom. The second-order valence-corrected chi connectivity index (χ2v) is 3.65. The van der Waals surface area contributed by atoms with Crippen molar-refractivity contribution in [1.29, 1.82) is 0 Å². The Morgan fingerprint density at radius 2 is 1.88 bits per heavy atom. The second-order valence-electron chi connectivity index (χ2n) is 3.11. The first-order valence-corrected chi connectivity index (χ1v) is 6.08. The number of hydrogen-bond acceptors (Lipinski definition) is 1. The van der Waals surface area contributed by atoms with Crippen molar-refractivity contribution in [3.05, 3.63) is 48.6 Å². The zero-order valence-electron chi connectivity index (χ0n) is 9.77. The molecule has 0 saturated carbocycles. The van der Waals surface area contributed by atoms with Crippen LogP contribution in [0.3, 0.4) is 0 Å². The third-order valence-corrected chi connectivity index (χ3v) is 2.45. The largest absolute Gasteiger partial charge is 0.248 e. The lowest BCUT2D eigenvalue weighted by Gasteiger charge is -2.01. The van der Waals surface area contributed by atoms with Crippen LogP contribution >= 0.6 is 0 Å². The average molecular weight is 232 g/mol. The number of benzene rings is 1. The number of rotatable bonds is 1. The normalized spacial score (nSPS) is 15.8. The topological polar surface area (TPSA) is 12.4 Å². The van der Waals surface area contributed by atoms with Gasteiger partial charge in [-0.15, -0.1) is 0 Å². The van der Waals surface area contributed by atoms with Crippen molar-refractivity contribution in [3.8, 4) is 0 Å². The summed E-state index contributed by atoms with van der Waals surface area (Å²) < 4.78 is 0. The van der Waals surface area contributed by atoms with Gasteiger partial charge in [0.05, 0.1) is 0 Å². The quantitative estimate of drug-likeness (QED) is 0.655. The monoisotopic (exact) mass is 232 g/mol. The first-order valence-electron chi connectivity index (χ1n) is 5.58. The van der Waals surface area contributed by atoms with Crippen LogP contribution in [0.1, 0.15) is 20.3 Å². The first-order chi connectivity index (χ1) is 7.86. The van der Waals surface area contributed by atoms with Gasteiger partial charge in [0.25, 0.3) is 0 Å². The number of hydrogen-bond donors (Lipinski definition) is 0. The minimum atomic E-state index is 0.914. The zero-order valence-corrected chi connectivity index (χ0v) is 10.8. The third-order valence-electron chi connectivity index (χ3n) is 2.03. The number of para-hydroxylation sites is 1. The lowest BCUT2D eigenvalue weighted by Crippen LogP contribution is -1.93. The van der Waals surface area contributed by atoms with Gasteiger partial charge in [-0.05, 0) is 30.8 Å². The number of nitrogens with zero attached hydrogens (tertiary/aromatic N) is 1. The predicted octanol–water partition coefficient (Wildman–Crippen LogP) is 3.67. The molecule has 1 aliphatic carbocycles. The predicted molar refractivity (Wildman–Crippen MR) is 76.2 cm³/mol. The second kappa shape index (κ2) is 7.07. The summed E-state index contributed by atoms with van der Waals surface area (Å²) in [6.45, 7) is 4.00. The smallest absolute Gasteiger partial charge is 0.175 e. The fraction of sp³-hybridized carbons (Fsp3) is 0.214. The van der Waals surface area contributed by atoms with Crippen molar-refractivity contribution in [2.45, 2.75) is 25.2 Å². The van der Waals surface area contributed by atoms with Crippen molar-refractivity contribution in [3.63, 3.8) is 0 Å². The van der Waals surface area contributed by atoms with E-state index in [4.69, 9.17) is 0 Å². The maximum Gasteiger partial charge on any atom is 0.175 e. The molecule has 1 aromatic rings. The molecule has 0 bridgehead atoms. The average Bonchev–Trinajstić information content (AvgIpc) is 2.36. The highest BCUT2D eigenvalue weighted by Crippen LogP contribution is 2.19. The Hall–Kier alpha value is -1.28. The molecule has 0 aliphatic heterocycles. The van der Waals surface area contributed by atoms with Gasteiger partial charge in [-0.1, -0.05) is 44.2 Å². The Balaban J connectivity index is 0.000000606. The highest BCUT2D eigenvalue weighted by atomic mass is 32.1. The van der Waals surface area contributed by atoms with Crippen molar-refractivity contribution in [2.75, 3.05) is 0 Å². The van der Waals surface area contributed by atoms with Crippen LogP contribution in [-0.4, -0.2) is 5.71 Å². The van der Waals surface area contributed by atoms with Gasteiger partial charge in [0.15, 0.2) is 4.90 Å². The van der Waals surface area contributed by atoms with Crippen LogP contribution in [0.25, 0.3) is 0 Å². The minimum Gasteiger partial charge on any atom is -0.248 e. The van der Waals surface area contributed by atoms with Gasteiger partial charge in [0.2, 0.25) is 0 Å². The molecule has 84 valence electrons. The highest BCUT2D eigenvalue weighted by Gasteiger charge is 2.02. The third kappa shape index (κ3) is 3.70. The Bertz CT molecular complexity index is 416. The van der Waals surface area contributed by atoms with E-state index in [0.29, 0.717) is 0 Å². The van der Waals surface area contributed by atoms with Crippen molar-refractivity contribution in [1.82, 2.24) is 0 Å². The van der Waals surface area contributed by atoms with Crippen LogP contribution in [0.5, 0.6) is 0 Å². The highest BCUT2D eigenvalue weighted by molar-refractivity contribution is 7.59. The summed E-state index contributed by atoms with van der Waals surface area (Å²) in [5.74, 6) is 0. The van der Waals surface area contributed by atoms with Crippen LogP contribution in [0.4, 0.5) is 5.69 Å². The van der Waals surface area contributed by atoms with Crippen molar-refractivity contribution < 1.29 is 0 Å². The molecule has 0 saturated heterocycles. The van der Waals surface area contributed by atoms with E-state index < -0.39 is 0 Å². The van der Waals surface area contributed by atoms with Crippen LogP contribution in [-0.2, 0) is 12.6 Å². The molecular formula is C14H18NS+. The van der Waals surface area contributed by atoms with Crippen LogP contribution in [0, 0.1) is 0 Å². The molecule has 0 aromatic heterocycles. The molecule has 1 nitrogen and oxygen atoms in total. The molecular weight excluding hydrogens is 214 g/mol. The SMILES string of the molecule is CC.[SH2+]c1ccccc1N=C1C=CC=CC1. The number of allylic oxidation sites excluding steroid dienone is 4. The molecule has 2 heteroatoms. The summed E-state index contributed by atoms with van der Waals surface area (Å²) in [7, 11) is 0. The maximum absolute atomic E-state index is 4.55. The van der Waals surface area contributed by atoms with E-state index in [1.165, 1.54) is 0 Å². The van der Waals surface area contributed by atoms with Gasteiger partial charge in [0, 0.05) is 12.1 Å². The van der Waals surface area contributed by atoms with Gasteiger partial charge in [0.1, 0.15) is 5.69 Å². The fourth-order valence-corrected chi connectivity index (χ4v) is 1.55. The van der Waals surface area contributed by atoms with E-state index in [9.17, 15) is 0 Å². The molecule has 0 fully saturated rings. The van der Waals surface area contributed by atoms with Gasteiger partial charge >= 0.3 is 0 Å². The molecule has 1 aliphatic rings. The van der Waals surface area contributed by atoms with Gasteiger partial charge in [-0.3, -0.25) is 0 Å². The molecule has 0 amide bonds. The van der Waals surface area contributed by atoms with Gasteiger partial charge in [-0.25, -0.2) is 4.99 Å². The van der Waals surface area contributed by atoms with Crippen LogP contribution < -0.4 is 0 Å². The summed E-state index contributed by atoms with van der Waals surface area (Å²) in [6, 6.07) is 7.98. The fourth-order valence-electron chi connectivity index (χ4n) is 1.31. The van der Waals surface area contributed by atoms with Gasteiger partial charge in [-0.2, -0.15) is 0 Å². The lowest BCUT2D eigenvalue weighted by atomic mass is 10.1. The van der Waals surface area contributed by atoms with E-state index in [-0.39, 0.29) is 0 Å². The Kier molecular flexibility index (Phi) is 5.65. The summed E-state index contributed by atoms with van der Waals surface area (Å²) in [5, 5.41) is 0. The molecule has 2 rings (SSSR count). The molecule has 16 heavy (non-hydrogen) atoms. The summed E-state index contributed by atoms with van der Waals surface area (Å²) in [5.41, 5.74) is 2.08. The van der Waals surface area contributed by atoms with Gasteiger partial charge < -0.3 is 0 Å². The molecule has 0 heterocycles. The van der Waals surface area contributed by atoms with E-state index in [2.05, 4.69) is 23.7 Å². The van der Waals surface area contributed by atoms with E-state index >= 15 is 0 Å². The summed E-state index contributed by atoms with van der Waals surface area (Å²) in [6.07, 6.45) is 9.11. The van der Waals surface area contributed by atoms with E-state index in [1.54, 1.807) is 0 Å². The summed E-state index contributed by atoms with van der Waals surface area (Å²) in [4.78, 5) is 5.58. The standard InChI is InChI=1S/C12H11NS.C2H6/c14-12-9-5-4-8-11(12)13-10-6-2-1-3-7-10;1-2/h1-6,8-9,14H,7H2;1-2H3/p+1. The van der Waals surface area contributed by atoms with Crippen molar-refractivity contribution in [2.24, 2.45) is 4.99 Å². The molecule has 0 spiro atoms. The molecule has 0 atom stereocenters. The summed E-state index contributed by atoms with van der Waals surface area (Å²) >= 11 is 3.53.